The van der Waals surface area contributed by atoms with Gasteiger partial charge in [0.05, 0.1) is 6.04 Å². The molecule has 0 fully saturated rings. The summed E-state index contributed by atoms with van der Waals surface area (Å²) in [5.74, 6) is -3.06. The highest BCUT2D eigenvalue weighted by atomic mass is 16.4. The van der Waals surface area contributed by atoms with Gasteiger partial charge in [-0.2, -0.15) is 0 Å². The molecule has 0 unspecified atom stereocenters. The Morgan fingerprint density at radius 1 is 1.00 bits per heavy atom. The fourth-order valence-electron chi connectivity index (χ4n) is 3.10. The van der Waals surface area contributed by atoms with Crippen LogP contribution in [-0.2, 0) is 19.2 Å². The molecule has 1 rings (SSSR count). The Hall–Kier alpha value is -2.72. The molecule has 0 radical (unpaired) electrons. The standard InChI is InChI=1S/C21H35N5O5/c1-3-12(2)18(23)21(31)26-16(9-6-13-4-7-14(22)8-5-13)20(30)25-15(19(24)29)10-11-17(27)28/h4-5,7-8,12-16,18H,3,6,9-11,22-23H2,1-2H3,(H2,24,29)(H,25,30)(H,26,31)(H,27,28)/t12-,13?,14?,15-,16-,18-/m0/s1. The summed E-state index contributed by atoms with van der Waals surface area (Å²) in [5, 5.41) is 14.0. The van der Waals surface area contributed by atoms with Crippen LogP contribution in [0.5, 0.6) is 0 Å². The summed E-state index contributed by atoms with van der Waals surface area (Å²) in [7, 11) is 0. The first-order chi connectivity index (χ1) is 14.5. The highest BCUT2D eigenvalue weighted by Gasteiger charge is 2.29. The van der Waals surface area contributed by atoms with Crippen molar-refractivity contribution in [3.63, 3.8) is 0 Å². The van der Waals surface area contributed by atoms with Crippen molar-refractivity contribution >= 4 is 23.7 Å². The number of hydrogen-bond donors (Lipinski definition) is 6. The maximum Gasteiger partial charge on any atom is 0.303 e. The zero-order chi connectivity index (χ0) is 23.6. The molecule has 0 aromatic heterocycles. The number of nitrogens with two attached hydrogens (primary N) is 3. The van der Waals surface area contributed by atoms with E-state index in [-0.39, 0.29) is 37.1 Å². The van der Waals surface area contributed by atoms with Crippen LogP contribution in [0, 0.1) is 11.8 Å². The van der Waals surface area contributed by atoms with E-state index in [0.29, 0.717) is 12.8 Å². The summed E-state index contributed by atoms with van der Waals surface area (Å²) < 4.78 is 0. The number of carboxylic acid groups (broad SMARTS) is 1. The maximum atomic E-state index is 12.8. The van der Waals surface area contributed by atoms with E-state index in [1.807, 2.05) is 38.2 Å². The van der Waals surface area contributed by atoms with Crippen molar-refractivity contribution in [2.24, 2.45) is 29.0 Å². The summed E-state index contributed by atoms with van der Waals surface area (Å²) in [5.41, 5.74) is 17.1. The second kappa shape index (κ2) is 12.9. The van der Waals surface area contributed by atoms with Gasteiger partial charge in [0.15, 0.2) is 0 Å². The van der Waals surface area contributed by atoms with Crippen molar-refractivity contribution in [1.82, 2.24) is 10.6 Å². The molecule has 31 heavy (non-hydrogen) atoms. The van der Waals surface area contributed by atoms with Crippen molar-refractivity contribution in [1.29, 1.82) is 0 Å². The third-order valence-electron chi connectivity index (χ3n) is 5.45. The molecule has 10 heteroatoms. The number of aliphatic carboxylic acids is 1. The minimum Gasteiger partial charge on any atom is -0.481 e. The number of primary amides is 1. The first kappa shape index (κ1) is 26.3. The number of allylic oxidation sites excluding steroid dienone is 2. The summed E-state index contributed by atoms with van der Waals surface area (Å²) in [6.45, 7) is 3.75. The van der Waals surface area contributed by atoms with E-state index in [9.17, 15) is 19.2 Å². The van der Waals surface area contributed by atoms with Gasteiger partial charge in [0.2, 0.25) is 17.7 Å². The average Bonchev–Trinajstić information content (AvgIpc) is 2.73. The van der Waals surface area contributed by atoms with E-state index in [4.69, 9.17) is 22.3 Å². The highest BCUT2D eigenvalue weighted by molar-refractivity contribution is 5.92. The molecule has 174 valence electrons. The molecule has 0 spiro atoms. The van der Waals surface area contributed by atoms with Gasteiger partial charge < -0.3 is 32.9 Å². The van der Waals surface area contributed by atoms with Gasteiger partial charge in [-0.1, -0.05) is 44.6 Å². The fraction of sp³-hybridized carbons (Fsp3) is 0.619. The first-order valence-corrected chi connectivity index (χ1v) is 10.5. The SMILES string of the molecule is CC[C@H](C)[C@H](N)C(=O)N[C@@H](CCC1C=CC(N)C=C1)C(=O)N[C@@H](CCC(=O)O)C(N)=O. The van der Waals surface area contributed by atoms with E-state index in [0.717, 1.165) is 0 Å². The molecule has 9 N–H and O–H groups in total. The van der Waals surface area contributed by atoms with E-state index in [2.05, 4.69) is 10.6 Å². The number of hydrogen-bond acceptors (Lipinski definition) is 6. The summed E-state index contributed by atoms with van der Waals surface area (Å²) in [6.07, 6.45) is 8.63. The van der Waals surface area contributed by atoms with Gasteiger partial charge >= 0.3 is 5.97 Å². The predicted octanol–water partition coefficient (Wildman–Crippen LogP) is -0.471. The van der Waals surface area contributed by atoms with Crippen LogP contribution >= 0.6 is 0 Å². The highest BCUT2D eigenvalue weighted by Crippen LogP contribution is 2.17. The Morgan fingerprint density at radius 2 is 1.58 bits per heavy atom. The molecule has 0 aromatic carbocycles. The smallest absolute Gasteiger partial charge is 0.303 e. The Labute approximate surface area is 182 Å². The van der Waals surface area contributed by atoms with Gasteiger partial charge in [-0.15, -0.1) is 0 Å². The van der Waals surface area contributed by atoms with Crippen LogP contribution in [0.1, 0.15) is 46.0 Å². The quantitative estimate of drug-likeness (QED) is 0.210. The topological polar surface area (TPSA) is 191 Å². The Kier molecular flexibility index (Phi) is 10.9. The molecular weight excluding hydrogens is 402 g/mol. The number of carboxylic acids is 1. The van der Waals surface area contributed by atoms with Gasteiger partial charge in [-0.3, -0.25) is 19.2 Å². The zero-order valence-corrected chi connectivity index (χ0v) is 18.1. The second-order valence-corrected chi connectivity index (χ2v) is 7.96. The Morgan fingerprint density at radius 3 is 2.10 bits per heavy atom. The third-order valence-corrected chi connectivity index (χ3v) is 5.45. The van der Waals surface area contributed by atoms with Crippen LogP contribution in [0.4, 0.5) is 0 Å². The maximum absolute atomic E-state index is 12.8. The van der Waals surface area contributed by atoms with Crippen LogP contribution in [0.25, 0.3) is 0 Å². The molecule has 10 nitrogen and oxygen atoms in total. The predicted molar refractivity (Wildman–Crippen MR) is 116 cm³/mol. The van der Waals surface area contributed by atoms with E-state index < -0.39 is 41.8 Å². The summed E-state index contributed by atoms with van der Waals surface area (Å²) in [6, 6.07) is -3.04. The summed E-state index contributed by atoms with van der Waals surface area (Å²) >= 11 is 0. The molecule has 3 amide bonds. The molecule has 0 bridgehead atoms. The van der Waals surface area contributed by atoms with Gasteiger partial charge in [-0.05, 0) is 31.1 Å². The fourth-order valence-corrected chi connectivity index (χ4v) is 3.10. The minimum atomic E-state index is -1.15. The number of amides is 3. The van der Waals surface area contributed by atoms with Crippen molar-refractivity contribution in [3.8, 4) is 0 Å². The van der Waals surface area contributed by atoms with Crippen LogP contribution in [0.3, 0.4) is 0 Å². The molecule has 0 heterocycles. The molecule has 1 aliphatic rings. The van der Waals surface area contributed by atoms with Gasteiger partial charge in [0.1, 0.15) is 12.1 Å². The molecular formula is C21H35N5O5. The van der Waals surface area contributed by atoms with Crippen LogP contribution < -0.4 is 27.8 Å². The lowest BCUT2D eigenvalue weighted by molar-refractivity contribution is -0.138. The third kappa shape index (κ3) is 9.31. The first-order valence-electron chi connectivity index (χ1n) is 10.5. The number of rotatable bonds is 13. The molecule has 1 aliphatic carbocycles. The van der Waals surface area contributed by atoms with Crippen molar-refractivity contribution < 1.29 is 24.3 Å². The van der Waals surface area contributed by atoms with Crippen LogP contribution in [-0.4, -0.2) is 53.0 Å². The van der Waals surface area contributed by atoms with Crippen LogP contribution in [0.2, 0.25) is 0 Å². The van der Waals surface area contributed by atoms with Gasteiger partial charge in [-0.25, -0.2) is 0 Å². The van der Waals surface area contributed by atoms with Gasteiger partial charge in [0, 0.05) is 12.5 Å². The van der Waals surface area contributed by atoms with Gasteiger partial charge in [0.25, 0.3) is 0 Å². The lowest BCUT2D eigenvalue weighted by Gasteiger charge is -2.25. The lowest BCUT2D eigenvalue weighted by atomic mass is 9.93. The lowest BCUT2D eigenvalue weighted by Crippen LogP contribution is -2.56. The van der Waals surface area contributed by atoms with Crippen LogP contribution in [0.15, 0.2) is 24.3 Å². The van der Waals surface area contributed by atoms with E-state index >= 15 is 0 Å². The van der Waals surface area contributed by atoms with E-state index in [1.54, 1.807) is 0 Å². The molecule has 0 aromatic rings. The van der Waals surface area contributed by atoms with Crippen molar-refractivity contribution in [3.05, 3.63) is 24.3 Å². The number of carbonyl (C=O) groups excluding carboxylic acids is 3. The van der Waals surface area contributed by atoms with Crippen molar-refractivity contribution in [2.45, 2.75) is 70.1 Å². The normalized spacial score (nSPS) is 21.5. The molecule has 0 aliphatic heterocycles. The largest absolute Gasteiger partial charge is 0.481 e. The minimum absolute atomic E-state index is 0.0502. The molecule has 4 atom stereocenters. The Bertz CT molecular complexity index is 694. The molecule has 0 saturated heterocycles. The Balaban J connectivity index is 2.87. The van der Waals surface area contributed by atoms with Crippen molar-refractivity contribution in [2.75, 3.05) is 0 Å². The average molecular weight is 438 g/mol. The van der Waals surface area contributed by atoms with E-state index in [1.165, 1.54) is 0 Å². The number of nitrogens with one attached hydrogen (secondary N) is 2. The second-order valence-electron chi connectivity index (χ2n) is 7.96. The summed E-state index contributed by atoms with van der Waals surface area (Å²) in [4.78, 5) is 47.8. The zero-order valence-electron chi connectivity index (χ0n) is 18.1. The molecule has 0 saturated carbocycles. The number of carbonyl (C=O) groups is 4. The monoisotopic (exact) mass is 437 g/mol.